The van der Waals surface area contributed by atoms with E-state index in [1.807, 2.05) is 0 Å². The number of nitriles is 1. The summed E-state index contributed by atoms with van der Waals surface area (Å²) in [5, 5.41) is 27.2. The van der Waals surface area contributed by atoms with Crippen LogP contribution < -0.4 is 5.32 Å². The van der Waals surface area contributed by atoms with Crippen molar-refractivity contribution in [2.75, 3.05) is 0 Å². The third kappa shape index (κ3) is 3.57. The molecule has 0 saturated carbocycles. The topological polar surface area (TPSA) is 104 Å². The molecule has 0 fully saturated rings. The first-order valence-corrected chi connectivity index (χ1v) is 7.58. The Morgan fingerprint density at radius 3 is 2.75 bits per heavy atom. The second-order valence-electron chi connectivity index (χ2n) is 4.81. The molecule has 126 valence electrons. The van der Waals surface area contributed by atoms with Crippen LogP contribution in [0, 0.1) is 11.3 Å². The molecule has 0 aromatic carbocycles. The van der Waals surface area contributed by atoms with Gasteiger partial charge in [0.05, 0.1) is 11.7 Å². The highest BCUT2D eigenvalue weighted by molar-refractivity contribution is 7.09. The number of rotatable bonds is 6. The molecule has 0 spiro atoms. The average Bonchev–Trinajstić information content (AvgIpc) is 3.15. The third-order valence-corrected chi connectivity index (χ3v) is 4.05. The second-order valence-corrected chi connectivity index (χ2v) is 5.73. The summed E-state index contributed by atoms with van der Waals surface area (Å²) in [6, 6.07) is 1.07. The summed E-state index contributed by atoms with van der Waals surface area (Å²) in [5.74, 6) is -1.52. The molecule has 2 N–H and O–H groups in total. The number of aliphatic carboxylic acids is 1. The number of aromatic nitrogens is 3. The molecule has 0 aliphatic rings. The summed E-state index contributed by atoms with van der Waals surface area (Å²) < 4.78 is 27.6. The fourth-order valence-electron chi connectivity index (χ4n) is 2.08. The van der Waals surface area contributed by atoms with Crippen LogP contribution in [0.2, 0.25) is 0 Å². The molecule has 1 unspecified atom stereocenters. The number of hydrogen-bond acceptors (Lipinski definition) is 6. The number of aryl methyl sites for hydroxylation is 1. The van der Waals surface area contributed by atoms with Gasteiger partial charge in [-0.25, -0.2) is 18.6 Å². The monoisotopic (exact) mass is 353 g/mol. The van der Waals surface area contributed by atoms with Crippen LogP contribution in [-0.4, -0.2) is 25.8 Å². The molecule has 1 atom stereocenters. The van der Waals surface area contributed by atoms with Crippen molar-refractivity contribution in [3.63, 3.8) is 0 Å². The van der Waals surface area contributed by atoms with E-state index in [1.165, 1.54) is 24.6 Å². The van der Waals surface area contributed by atoms with E-state index < -0.39 is 29.7 Å². The predicted octanol–water partition coefficient (Wildman–Crippen LogP) is 2.48. The van der Waals surface area contributed by atoms with E-state index >= 15 is 0 Å². The zero-order valence-electron chi connectivity index (χ0n) is 12.7. The normalized spacial score (nSPS) is 13.3. The van der Waals surface area contributed by atoms with E-state index in [0.29, 0.717) is 5.01 Å². The summed E-state index contributed by atoms with van der Waals surface area (Å²) in [6.07, 6.45) is -0.0981. The number of nitrogens with zero attached hydrogens (tertiary/aromatic N) is 4. The Bertz CT molecular complexity index is 808. The molecule has 0 amide bonds. The SMILES string of the molecule is CC(N/C(=C(/C#N)C(=O)O)c1cn(C)nc1C(F)F)c1nccs1. The zero-order valence-corrected chi connectivity index (χ0v) is 13.5. The van der Waals surface area contributed by atoms with Gasteiger partial charge in [0.15, 0.2) is 5.57 Å². The number of alkyl halides is 2. The number of carbonyl (C=O) groups is 1. The number of halogens is 2. The fourth-order valence-corrected chi connectivity index (χ4v) is 2.73. The highest BCUT2D eigenvalue weighted by Gasteiger charge is 2.26. The minimum atomic E-state index is -2.91. The van der Waals surface area contributed by atoms with Crippen molar-refractivity contribution in [2.24, 2.45) is 7.05 Å². The van der Waals surface area contributed by atoms with Crippen molar-refractivity contribution in [3.8, 4) is 6.07 Å². The highest BCUT2D eigenvalue weighted by Crippen LogP contribution is 2.29. The van der Waals surface area contributed by atoms with Crippen molar-refractivity contribution in [3.05, 3.63) is 39.6 Å². The maximum atomic E-state index is 13.2. The fraction of sp³-hybridized carbons (Fsp3) is 0.286. The van der Waals surface area contributed by atoms with E-state index in [4.69, 9.17) is 5.26 Å². The predicted molar refractivity (Wildman–Crippen MR) is 82.0 cm³/mol. The lowest BCUT2D eigenvalue weighted by molar-refractivity contribution is -0.132. The minimum Gasteiger partial charge on any atom is -0.477 e. The van der Waals surface area contributed by atoms with Gasteiger partial charge in [-0.15, -0.1) is 11.3 Å². The molecule has 2 aromatic rings. The molecule has 10 heteroatoms. The molecule has 24 heavy (non-hydrogen) atoms. The van der Waals surface area contributed by atoms with Crippen molar-refractivity contribution >= 4 is 23.0 Å². The summed E-state index contributed by atoms with van der Waals surface area (Å²) in [4.78, 5) is 15.4. The molecule has 0 aliphatic carbocycles. The van der Waals surface area contributed by atoms with E-state index in [1.54, 1.807) is 24.6 Å². The number of thiazole rings is 1. The Balaban J connectivity index is 2.57. The van der Waals surface area contributed by atoms with Crippen molar-refractivity contribution in [2.45, 2.75) is 19.4 Å². The molecule has 0 aliphatic heterocycles. The van der Waals surface area contributed by atoms with Gasteiger partial charge in [-0.3, -0.25) is 4.68 Å². The maximum absolute atomic E-state index is 13.2. The smallest absolute Gasteiger partial charge is 0.348 e. The van der Waals surface area contributed by atoms with Gasteiger partial charge in [0.25, 0.3) is 6.43 Å². The summed E-state index contributed by atoms with van der Waals surface area (Å²) in [7, 11) is 1.43. The number of hydrogen-bond donors (Lipinski definition) is 2. The van der Waals surface area contributed by atoms with Crippen LogP contribution >= 0.6 is 11.3 Å². The Kier molecular flexibility index (Phi) is 5.25. The Hall–Kier alpha value is -2.80. The summed E-state index contributed by atoms with van der Waals surface area (Å²) >= 11 is 1.32. The van der Waals surface area contributed by atoms with Gasteiger partial charge in [0, 0.05) is 30.4 Å². The first-order valence-electron chi connectivity index (χ1n) is 6.70. The zero-order chi connectivity index (χ0) is 17.9. The summed E-state index contributed by atoms with van der Waals surface area (Å²) in [6.45, 7) is 1.69. The first-order chi connectivity index (χ1) is 11.3. The van der Waals surface area contributed by atoms with Crippen LogP contribution in [0.4, 0.5) is 8.78 Å². The maximum Gasteiger partial charge on any atom is 0.348 e. The molecule has 2 rings (SSSR count). The third-order valence-electron chi connectivity index (χ3n) is 3.09. The molecule has 7 nitrogen and oxygen atoms in total. The van der Waals surface area contributed by atoms with Gasteiger partial charge in [-0.2, -0.15) is 10.4 Å². The van der Waals surface area contributed by atoms with Crippen molar-refractivity contribution in [1.82, 2.24) is 20.1 Å². The van der Waals surface area contributed by atoms with Crippen LogP contribution in [-0.2, 0) is 11.8 Å². The number of carboxylic acid groups (broad SMARTS) is 1. The van der Waals surface area contributed by atoms with E-state index in [2.05, 4.69) is 15.4 Å². The Morgan fingerprint density at radius 2 is 2.25 bits per heavy atom. The minimum absolute atomic E-state index is 0.130. The van der Waals surface area contributed by atoms with Crippen molar-refractivity contribution in [1.29, 1.82) is 5.26 Å². The Labute approximate surface area is 139 Å². The molecular formula is C14H13F2N5O2S. The van der Waals surface area contributed by atoms with Gasteiger partial charge in [-0.1, -0.05) is 0 Å². The molecule has 0 radical (unpaired) electrons. The van der Waals surface area contributed by atoms with Gasteiger partial charge in [0.2, 0.25) is 0 Å². The molecule has 2 aromatic heterocycles. The van der Waals surface area contributed by atoms with Gasteiger partial charge in [-0.05, 0) is 6.92 Å². The van der Waals surface area contributed by atoms with E-state index in [0.717, 1.165) is 4.68 Å². The highest BCUT2D eigenvalue weighted by atomic mass is 32.1. The lowest BCUT2D eigenvalue weighted by atomic mass is 10.1. The van der Waals surface area contributed by atoms with Crippen molar-refractivity contribution < 1.29 is 18.7 Å². The quantitative estimate of drug-likeness (QED) is 0.611. The lowest BCUT2D eigenvalue weighted by Gasteiger charge is -2.17. The first kappa shape index (κ1) is 17.6. The second kappa shape index (κ2) is 7.18. The molecule has 2 heterocycles. The number of carboxylic acids is 1. The standard InChI is InChI=1S/C14H13F2N5O2S/c1-7(13-18-3-4-24-13)19-10(8(5-17)14(22)23)9-6-21(2)20-11(9)12(15)16/h3-4,6-7,12,19H,1-2H3,(H,22,23)/b10-8-. The van der Waals surface area contributed by atoms with E-state index in [-0.39, 0.29) is 11.3 Å². The number of nitrogens with one attached hydrogen (secondary N) is 1. The van der Waals surface area contributed by atoms with Gasteiger partial charge in [0.1, 0.15) is 16.8 Å². The van der Waals surface area contributed by atoms with Gasteiger partial charge < -0.3 is 10.4 Å². The molecule has 0 bridgehead atoms. The van der Waals surface area contributed by atoms with Crippen LogP contribution in [0.1, 0.15) is 35.7 Å². The lowest BCUT2D eigenvalue weighted by Crippen LogP contribution is -2.21. The van der Waals surface area contributed by atoms with Crippen LogP contribution in [0.3, 0.4) is 0 Å². The van der Waals surface area contributed by atoms with Crippen LogP contribution in [0.5, 0.6) is 0 Å². The molecule has 0 saturated heterocycles. The summed E-state index contributed by atoms with van der Waals surface area (Å²) in [5.41, 5.74) is -1.61. The largest absolute Gasteiger partial charge is 0.477 e. The van der Waals surface area contributed by atoms with Crippen LogP contribution in [0.15, 0.2) is 23.3 Å². The molecular weight excluding hydrogens is 340 g/mol. The van der Waals surface area contributed by atoms with Gasteiger partial charge >= 0.3 is 5.97 Å². The van der Waals surface area contributed by atoms with E-state index in [9.17, 15) is 18.7 Å². The van der Waals surface area contributed by atoms with Crippen LogP contribution in [0.25, 0.3) is 5.70 Å². The average molecular weight is 353 g/mol. The Morgan fingerprint density at radius 1 is 1.54 bits per heavy atom.